The predicted molar refractivity (Wildman–Crippen MR) is 91.8 cm³/mol. The highest BCUT2D eigenvalue weighted by molar-refractivity contribution is 7.91. The highest BCUT2D eigenvalue weighted by atomic mass is 32.2. The fourth-order valence-corrected chi connectivity index (χ4v) is 5.13. The molecule has 1 heterocycles. The second-order valence-corrected chi connectivity index (χ2v) is 8.58. The van der Waals surface area contributed by atoms with Crippen molar-refractivity contribution in [1.29, 1.82) is 0 Å². The normalized spacial score (nSPS) is 22.8. The second kappa shape index (κ2) is 7.21. The van der Waals surface area contributed by atoms with Crippen molar-refractivity contribution < 1.29 is 23.1 Å². The minimum atomic E-state index is -3.18. The number of carbonyl (C=O) groups is 1. The molecule has 0 unspecified atom stereocenters. The number of sulfone groups is 1. The van der Waals surface area contributed by atoms with Crippen molar-refractivity contribution in [2.75, 3.05) is 18.1 Å². The lowest BCUT2D eigenvalue weighted by atomic mass is 10.0. The number of nitrogens with zero attached hydrogens (tertiary/aromatic N) is 1. The smallest absolute Gasteiger partial charge is 0.308 e. The first-order chi connectivity index (χ1) is 11.1. The molecule has 0 spiro atoms. The van der Waals surface area contributed by atoms with Crippen molar-refractivity contribution in [3.05, 3.63) is 28.8 Å². The molecule has 1 aromatic rings. The number of aryl methyl sites for hydroxylation is 2. The zero-order chi connectivity index (χ0) is 18.1. The number of aliphatic hydroxyl groups is 1. The highest BCUT2D eigenvalue weighted by Gasteiger charge is 2.39. The lowest BCUT2D eigenvalue weighted by Crippen LogP contribution is -2.42. The van der Waals surface area contributed by atoms with E-state index in [1.807, 2.05) is 37.8 Å². The standard InChI is InChI=1S/C17H25NO5S/c1-5-18(15-9-24(21,22)10-16(15)20)8-14-6-11(2)17(12(3)7-14)23-13(4)19/h6-7,15-16,20H,5,8-10H2,1-4H3/t15-,16-/m0/s1. The first-order valence-corrected chi connectivity index (χ1v) is 9.86. The molecule has 2 atom stereocenters. The fraction of sp³-hybridized carbons (Fsp3) is 0.588. The summed E-state index contributed by atoms with van der Waals surface area (Å²) in [4.78, 5) is 13.2. The summed E-state index contributed by atoms with van der Waals surface area (Å²) in [5.41, 5.74) is 2.71. The van der Waals surface area contributed by atoms with Gasteiger partial charge in [-0.3, -0.25) is 9.69 Å². The summed E-state index contributed by atoms with van der Waals surface area (Å²) in [5.74, 6) is 0.0320. The predicted octanol–water partition coefficient (Wildman–Crippen LogP) is 1.21. The SMILES string of the molecule is CCN(Cc1cc(C)c(OC(C)=O)c(C)c1)[C@H]1CS(=O)(=O)C[C@@H]1O. The average Bonchev–Trinajstić information content (AvgIpc) is 2.73. The number of esters is 1. The molecular weight excluding hydrogens is 330 g/mol. The summed E-state index contributed by atoms with van der Waals surface area (Å²) in [7, 11) is -3.18. The summed E-state index contributed by atoms with van der Waals surface area (Å²) in [6, 6.07) is 3.49. The molecule has 2 rings (SSSR count). The van der Waals surface area contributed by atoms with E-state index in [0.29, 0.717) is 18.8 Å². The van der Waals surface area contributed by atoms with Crippen LogP contribution in [0.2, 0.25) is 0 Å². The number of hydrogen-bond acceptors (Lipinski definition) is 6. The monoisotopic (exact) mass is 355 g/mol. The third-order valence-electron chi connectivity index (χ3n) is 4.32. The minimum Gasteiger partial charge on any atom is -0.426 e. The molecule has 1 aliphatic rings. The first-order valence-electron chi connectivity index (χ1n) is 8.04. The van der Waals surface area contributed by atoms with E-state index in [2.05, 4.69) is 0 Å². The number of carbonyl (C=O) groups excluding carboxylic acids is 1. The van der Waals surface area contributed by atoms with Gasteiger partial charge in [0.25, 0.3) is 0 Å². The summed E-state index contributed by atoms with van der Waals surface area (Å²) in [6.07, 6.45) is -0.850. The maximum absolute atomic E-state index is 11.7. The molecule has 1 fully saturated rings. The van der Waals surface area contributed by atoms with Crippen molar-refractivity contribution >= 4 is 15.8 Å². The number of ether oxygens (including phenoxy) is 1. The van der Waals surface area contributed by atoms with Gasteiger partial charge in [0, 0.05) is 13.5 Å². The van der Waals surface area contributed by atoms with Gasteiger partial charge in [-0.1, -0.05) is 19.1 Å². The number of aliphatic hydroxyl groups excluding tert-OH is 1. The van der Waals surface area contributed by atoms with Crippen LogP contribution in [0.4, 0.5) is 0 Å². The van der Waals surface area contributed by atoms with Crippen LogP contribution in [0.15, 0.2) is 12.1 Å². The molecule has 0 aromatic heterocycles. The Labute approximate surface area is 143 Å². The van der Waals surface area contributed by atoms with E-state index in [4.69, 9.17) is 4.74 Å². The van der Waals surface area contributed by atoms with Gasteiger partial charge in [-0.05, 0) is 37.1 Å². The topological polar surface area (TPSA) is 83.9 Å². The molecule has 134 valence electrons. The van der Waals surface area contributed by atoms with E-state index in [9.17, 15) is 18.3 Å². The zero-order valence-electron chi connectivity index (χ0n) is 14.6. The van der Waals surface area contributed by atoms with Crippen LogP contribution in [0.25, 0.3) is 0 Å². The zero-order valence-corrected chi connectivity index (χ0v) is 15.4. The van der Waals surface area contributed by atoms with E-state index in [-0.39, 0.29) is 23.5 Å². The molecule has 7 heteroatoms. The molecule has 0 aliphatic carbocycles. The van der Waals surface area contributed by atoms with Crippen molar-refractivity contribution in [1.82, 2.24) is 4.90 Å². The molecule has 0 amide bonds. The summed E-state index contributed by atoms with van der Waals surface area (Å²) in [5, 5.41) is 10.1. The molecule has 24 heavy (non-hydrogen) atoms. The van der Waals surface area contributed by atoms with Crippen LogP contribution in [0.3, 0.4) is 0 Å². The summed E-state index contributed by atoms with van der Waals surface area (Å²) in [6.45, 7) is 8.24. The van der Waals surface area contributed by atoms with Gasteiger partial charge >= 0.3 is 5.97 Å². The van der Waals surface area contributed by atoms with Crippen LogP contribution in [0.5, 0.6) is 5.75 Å². The second-order valence-electron chi connectivity index (χ2n) is 6.43. The molecule has 0 saturated carbocycles. The molecule has 0 bridgehead atoms. The molecule has 1 aliphatic heterocycles. The maximum Gasteiger partial charge on any atom is 0.308 e. The Morgan fingerprint density at radius 1 is 1.29 bits per heavy atom. The molecule has 1 saturated heterocycles. The summed E-state index contributed by atoms with van der Waals surface area (Å²) >= 11 is 0. The Hall–Kier alpha value is -1.44. The maximum atomic E-state index is 11.7. The van der Waals surface area contributed by atoms with Gasteiger partial charge in [0.15, 0.2) is 9.84 Å². The minimum absolute atomic E-state index is 0.00843. The van der Waals surface area contributed by atoms with Gasteiger partial charge in [0.1, 0.15) is 5.75 Å². The van der Waals surface area contributed by atoms with Gasteiger partial charge in [-0.15, -0.1) is 0 Å². The quantitative estimate of drug-likeness (QED) is 0.631. The molecule has 1 aromatic carbocycles. The third-order valence-corrected chi connectivity index (χ3v) is 6.02. The van der Waals surface area contributed by atoms with E-state index in [1.54, 1.807) is 0 Å². The van der Waals surface area contributed by atoms with Crippen LogP contribution in [-0.4, -0.2) is 54.6 Å². The Morgan fingerprint density at radius 3 is 2.29 bits per heavy atom. The number of rotatable bonds is 5. The first kappa shape index (κ1) is 18.9. The van der Waals surface area contributed by atoms with Gasteiger partial charge in [0.05, 0.1) is 23.7 Å². The van der Waals surface area contributed by atoms with Crippen LogP contribution in [0.1, 0.15) is 30.5 Å². The Bertz CT molecular complexity index is 705. The molecular formula is C17H25NO5S. The van der Waals surface area contributed by atoms with Crippen molar-refractivity contribution in [3.8, 4) is 5.75 Å². The molecule has 6 nitrogen and oxygen atoms in total. The van der Waals surface area contributed by atoms with Gasteiger partial charge in [-0.2, -0.15) is 0 Å². The Balaban J connectivity index is 2.21. The average molecular weight is 355 g/mol. The van der Waals surface area contributed by atoms with Crippen molar-refractivity contribution in [3.63, 3.8) is 0 Å². The number of likely N-dealkylation sites (N-methyl/N-ethyl adjacent to an activating group) is 1. The van der Waals surface area contributed by atoms with E-state index >= 15 is 0 Å². The summed E-state index contributed by atoms with van der Waals surface area (Å²) < 4.78 is 28.7. The van der Waals surface area contributed by atoms with Gasteiger partial charge in [-0.25, -0.2) is 8.42 Å². The Kier molecular flexibility index (Phi) is 5.67. The van der Waals surface area contributed by atoms with Crippen LogP contribution in [-0.2, 0) is 21.2 Å². The van der Waals surface area contributed by atoms with Crippen molar-refractivity contribution in [2.45, 2.75) is 46.4 Å². The van der Waals surface area contributed by atoms with Gasteiger partial charge in [0.2, 0.25) is 0 Å². The molecule has 1 N–H and O–H groups in total. The largest absolute Gasteiger partial charge is 0.426 e. The third kappa shape index (κ3) is 4.34. The lowest BCUT2D eigenvalue weighted by molar-refractivity contribution is -0.131. The Morgan fingerprint density at radius 2 is 1.88 bits per heavy atom. The number of hydrogen-bond donors (Lipinski definition) is 1. The number of benzene rings is 1. The highest BCUT2D eigenvalue weighted by Crippen LogP contribution is 2.27. The lowest BCUT2D eigenvalue weighted by Gasteiger charge is -2.29. The van der Waals surface area contributed by atoms with Crippen LogP contribution in [0, 0.1) is 13.8 Å². The van der Waals surface area contributed by atoms with E-state index < -0.39 is 15.9 Å². The fourth-order valence-electron chi connectivity index (χ4n) is 3.29. The van der Waals surface area contributed by atoms with Crippen LogP contribution < -0.4 is 4.74 Å². The van der Waals surface area contributed by atoms with Gasteiger partial charge < -0.3 is 9.84 Å². The van der Waals surface area contributed by atoms with E-state index in [0.717, 1.165) is 16.7 Å². The molecule has 0 radical (unpaired) electrons. The van der Waals surface area contributed by atoms with Crippen molar-refractivity contribution in [2.24, 2.45) is 0 Å². The van der Waals surface area contributed by atoms with E-state index in [1.165, 1.54) is 6.92 Å². The van der Waals surface area contributed by atoms with Crippen LogP contribution >= 0.6 is 0 Å².